The van der Waals surface area contributed by atoms with Crippen LogP contribution in [0.3, 0.4) is 0 Å². The third kappa shape index (κ3) is 7.40. The molecule has 0 saturated carbocycles. The predicted octanol–water partition coefficient (Wildman–Crippen LogP) is 3.83. The van der Waals surface area contributed by atoms with Crippen LogP contribution in [0.4, 0.5) is 5.69 Å². The number of rotatable bonds is 10. The summed E-state index contributed by atoms with van der Waals surface area (Å²) < 4.78 is 21.1. The van der Waals surface area contributed by atoms with Crippen LogP contribution in [0.2, 0.25) is 0 Å². The van der Waals surface area contributed by atoms with E-state index in [-0.39, 0.29) is 6.61 Å². The van der Waals surface area contributed by atoms with E-state index in [4.69, 9.17) is 18.9 Å². The fourth-order valence-corrected chi connectivity index (χ4v) is 2.57. The normalized spacial score (nSPS) is 10.1. The van der Waals surface area contributed by atoms with Gasteiger partial charge in [0.1, 0.15) is 23.9 Å². The van der Waals surface area contributed by atoms with Crippen LogP contribution in [-0.2, 0) is 20.9 Å². The number of ether oxygens (including phenoxy) is 4. The Bertz CT molecular complexity index is 971. The molecule has 0 aromatic heterocycles. The minimum Gasteiger partial charge on any atom is -0.497 e. The zero-order valence-electron chi connectivity index (χ0n) is 17.1. The SMILES string of the molecule is COc1ccc(NC(=O)COC(=O)COc2ccc(OCc3ccccc3)cc2)cc1. The van der Waals surface area contributed by atoms with Gasteiger partial charge in [-0.1, -0.05) is 30.3 Å². The van der Waals surface area contributed by atoms with E-state index in [1.165, 1.54) is 0 Å². The number of methoxy groups -OCH3 is 1. The van der Waals surface area contributed by atoms with Crippen molar-refractivity contribution in [3.63, 3.8) is 0 Å². The number of carbonyl (C=O) groups excluding carboxylic acids is 2. The zero-order chi connectivity index (χ0) is 21.9. The Kier molecular flexibility index (Phi) is 7.88. The molecule has 0 heterocycles. The van der Waals surface area contributed by atoms with E-state index >= 15 is 0 Å². The molecule has 0 atom stereocenters. The van der Waals surface area contributed by atoms with Crippen molar-refractivity contribution < 1.29 is 28.5 Å². The van der Waals surface area contributed by atoms with Crippen molar-refractivity contribution in [2.45, 2.75) is 6.61 Å². The van der Waals surface area contributed by atoms with Crippen LogP contribution in [0.5, 0.6) is 17.2 Å². The molecular weight excluding hydrogens is 398 g/mol. The van der Waals surface area contributed by atoms with Gasteiger partial charge in [0, 0.05) is 5.69 Å². The number of benzene rings is 3. The van der Waals surface area contributed by atoms with E-state index in [9.17, 15) is 9.59 Å². The first-order valence-electron chi connectivity index (χ1n) is 9.61. The van der Waals surface area contributed by atoms with Gasteiger partial charge in [0.25, 0.3) is 5.91 Å². The topological polar surface area (TPSA) is 83.1 Å². The van der Waals surface area contributed by atoms with Gasteiger partial charge >= 0.3 is 5.97 Å². The average molecular weight is 421 g/mol. The Morgan fingerprint density at radius 3 is 2.00 bits per heavy atom. The maximum Gasteiger partial charge on any atom is 0.344 e. The van der Waals surface area contributed by atoms with Crippen LogP contribution >= 0.6 is 0 Å². The van der Waals surface area contributed by atoms with Gasteiger partial charge in [0.15, 0.2) is 13.2 Å². The molecule has 160 valence electrons. The Morgan fingerprint density at radius 2 is 1.35 bits per heavy atom. The summed E-state index contributed by atoms with van der Waals surface area (Å²) in [6, 6.07) is 23.6. The highest BCUT2D eigenvalue weighted by Crippen LogP contribution is 2.19. The molecular formula is C24H23NO6. The molecule has 0 radical (unpaired) electrons. The van der Waals surface area contributed by atoms with E-state index < -0.39 is 18.5 Å². The standard InChI is InChI=1S/C24H23NO6/c1-28-20-9-7-19(8-10-20)25-23(26)16-31-24(27)17-30-22-13-11-21(12-14-22)29-15-18-5-3-2-4-6-18/h2-14H,15-17H2,1H3,(H,25,26). The highest BCUT2D eigenvalue weighted by atomic mass is 16.6. The number of esters is 1. The summed E-state index contributed by atoms with van der Waals surface area (Å²) in [6.45, 7) is -0.244. The van der Waals surface area contributed by atoms with Gasteiger partial charge in [0.2, 0.25) is 0 Å². The van der Waals surface area contributed by atoms with Gasteiger partial charge in [-0.05, 0) is 54.1 Å². The van der Waals surface area contributed by atoms with E-state index in [1.54, 1.807) is 55.6 Å². The average Bonchev–Trinajstić information content (AvgIpc) is 2.82. The summed E-state index contributed by atoms with van der Waals surface area (Å²) in [5.41, 5.74) is 1.65. The molecule has 0 fully saturated rings. The van der Waals surface area contributed by atoms with Gasteiger partial charge in [-0.15, -0.1) is 0 Å². The minimum absolute atomic E-state index is 0.306. The molecule has 0 saturated heterocycles. The Labute approximate surface area is 180 Å². The summed E-state index contributed by atoms with van der Waals surface area (Å²) in [6.07, 6.45) is 0. The largest absolute Gasteiger partial charge is 0.497 e. The molecule has 0 spiro atoms. The summed E-state index contributed by atoms with van der Waals surface area (Å²) in [5.74, 6) is 0.769. The summed E-state index contributed by atoms with van der Waals surface area (Å²) in [5, 5.41) is 2.63. The van der Waals surface area contributed by atoms with Gasteiger partial charge in [-0.2, -0.15) is 0 Å². The quantitative estimate of drug-likeness (QED) is 0.501. The first kappa shape index (κ1) is 21.7. The maximum absolute atomic E-state index is 11.9. The second-order valence-electron chi connectivity index (χ2n) is 6.47. The Hall–Kier alpha value is -4.00. The Balaban J connectivity index is 1.35. The lowest BCUT2D eigenvalue weighted by atomic mass is 10.2. The van der Waals surface area contributed by atoms with E-state index in [2.05, 4.69) is 5.32 Å². The molecule has 3 rings (SSSR count). The molecule has 0 aliphatic heterocycles. The summed E-state index contributed by atoms with van der Waals surface area (Å²) in [4.78, 5) is 23.7. The molecule has 0 aliphatic rings. The first-order chi connectivity index (χ1) is 15.1. The minimum atomic E-state index is -0.644. The lowest BCUT2D eigenvalue weighted by Crippen LogP contribution is -2.23. The lowest BCUT2D eigenvalue weighted by molar-refractivity contribution is -0.149. The van der Waals surface area contributed by atoms with Gasteiger partial charge in [-0.25, -0.2) is 4.79 Å². The van der Waals surface area contributed by atoms with Gasteiger partial charge < -0.3 is 24.3 Å². The highest BCUT2D eigenvalue weighted by molar-refractivity contribution is 5.92. The number of hydrogen-bond donors (Lipinski definition) is 1. The smallest absolute Gasteiger partial charge is 0.344 e. The van der Waals surface area contributed by atoms with Crippen LogP contribution < -0.4 is 19.5 Å². The van der Waals surface area contributed by atoms with Crippen molar-refractivity contribution >= 4 is 17.6 Å². The molecule has 7 heteroatoms. The molecule has 1 amide bonds. The first-order valence-corrected chi connectivity index (χ1v) is 9.61. The molecule has 0 bridgehead atoms. The number of anilines is 1. The molecule has 3 aromatic carbocycles. The fourth-order valence-electron chi connectivity index (χ4n) is 2.57. The maximum atomic E-state index is 11.9. The number of nitrogens with one attached hydrogen (secondary N) is 1. The van der Waals surface area contributed by atoms with Crippen LogP contribution in [0.1, 0.15) is 5.56 Å². The molecule has 7 nitrogen and oxygen atoms in total. The van der Waals surface area contributed by atoms with Crippen molar-refractivity contribution in [1.29, 1.82) is 0 Å². The van der Waals surface area contributed by atoms with Crippen LogP contribution in [0.25, 0.3) is 0 Å². The monoisotopic (exact) mass is 421 g/mol. The van der Waals surface area contributed by atoms with Crippen LogP contribution in [0.15, 0.2) is 78.9 Å². The predicted molar refractivity (Wildman–Crippen MR) is 115 cm³/mol. The van der Waals surface area contributed by atoms with Crippen LogP contribution in [0, 0.1) is 0 Å². The summed E-state index contributed by atoms with van der Waals surface area (Å²) in [7, 11) is 1.56. The third-order valence-electron chi connectivity index (χ3n) is 4.17. The highest BCUT2D eigenvalue weighted by Gasteiger charge is 2.09. The lowest BCUT2D eigenvalue weighted by Gasteiger charge is -2.09. The zero-order valence-corrected chi connectivity index (χ0v) is 17.1. The van der Waals surface area contributed by atoms with E-state index in [0.29, 0.717) is 29.5 Å². The number of hydrogen-bond acceptors (Lipinski definition) is 6. The van der Waals surface area contributed by atoms with Gasteiger partial charge in [0.05, 0.1) is 7.11 Å². The van der Waals surface area contributed by atoms with Crippen molar-refractivity contribution in [3.8, 4) is 17.2 Å². The summed E-state index contributed by atoms with van der Waals surface area (Å²) >= 11 is 0. The fraction of sp³-hybridized carbons (Fsp3) is 0.167. The third-order valence-corrected chi connectivity index (χ3v) is 4.17. The number of carbonyl (C=O) groups is 2. The van der Waals surface area contributed by atoms with Crippen molar-refractivity contribution in [2.24, 2.45) is 0 Å². The van der Waals surface area contributed by atoms with Gasteiger partial charge in [-0.3, -0.25) is 4.79 Å². The van der Waals surface area contributed by atoms with Crippen molar-refractivity contribution in [2.75, 3.05) is 25.6 Å². The van der Waals surface area contributed by atoms with Crippen molar-refractivity contribution in [3.05, 3.63) is 84.4 Å². The second kappa shape index (κ2) is 11.3. The second-order valence-corrected chi connectivity index (χ2v) is 6.47. The van der Waals surface area contributed by atoms with Crippen LogP contribution in [-0.4, -0.2) is 32.2 Å². The van der Waals surface area contributed by atoms with Crippen molar-refractivity contribution in [1.82, 2.24) is 0 Å². The number of amides is 1. The molecule has 31 heavy (non-hydrogen) atoms. The molecule has 3 aromatic rings. The Morgan fingerprint density at radius 1 is 0.742 bits per heavy atom. The van der Waals surface area contributed by atoms with E-state index in [1.807, 2.05) is 30.3 Å². The molecule has 0 aliphatic carbocycles. The molecule has 1 N–H and O–H groups in total. The molecule has 0 unspecified atom stereocenters. The van der Waals surface area contributed by atoms with E-state index in [0.717, 1.165) is 5.56 Å².